The van der Waals surface area contributed by atoms with E-state index in [1.54, 1.807) is 27.2 Å². The lowest BCUT2D eigenvalue weighted by molar-refractivity contribution is 0.354. The number of rotatable bonds is 7. The summed E-state index contributed by atoms with van der Waals surface area (Å²) < 4.78 is 50.3. The molecule has 2 aromatic rings. The van der Waals surface area contributed by atoms with Crippen LogP contribution in [0.1, 0.15) is 11.1 Å². The maximum Gasteiger partial charge on any atom is 0.243 e. The van der Waals surface area contributed by atoms with Gasteiger partial charge in [-0.2, -0.15) is 0 Å². The maximum atomic E-state index is 13.2. The van der Waals surface area contributed by atoms with Gasteiger partial charge in [-0.25, -0.2) is 17.1 Å². The van der Waals surface area contributed by atoms with Crippen LogP contribution in [0.15, 0.2) is 41.3 Å². The molecule has 0 aliphatic carbocycles. The third-order valence-corrected chi connectivity index (χ3v) is 6.01. The molecule has 7 heteroatoms. The summed E-state index contributed by atoms with van der Waals surface area (Å²) in [5, 5.41) is 0. The molecule has 0 bridgehead atoms. The zero-order valence-electron chi connectivity index (χ0n) is 14.7. The Hall–Kier alpha value is -2.12. The molecule has 0 aliphatic heterocycles. The summed E-state index contributed by atoms with van der Waals surface area (Å²) in [6.45, 7) is 1.87. The standard InChI is InChI=1S/C18H22FNO4S/c1-13-11-15(19)6-8-18(13)25(21,22)20(2)10-9-14-5-7-16(23-3)17(12-14)24-4/h5-8,11-12H,9-10H2,1-4H3. The van der Waals surface area contributed by atoms with Gasteiger partial charge in [0.15, 0.2) is 11.5 Å². The second-order valence-electron chi connectivity index (χ2n) is 5.68. The van der Waals surface area contributed by atoms with Gasteiger partial charge in [-0.05, 0) is 54.8 Å². The van der Waals surface area contributed by atoms with Gasteiger partial charge in [0.25, 0.3) is 0 Å². The summed E-state index contributed by atoms with van der Waals surface area (Å²) in [7, 11) is 0.948. The Kier molecular flexibility index (Phi) is 6.02. The molecule has 0 amide bonds. The summed E-state index contributed by atoms with van der Waals surface area (Å²) >= 11 is 0. The third-order valence-electron chi connectivity index (χ3n) is 3.99. The van der Waals surface area contributed by atoms with E-state index in [1.807, 2.05) is 12.1 Å². The van der Waals surface area contributed by atoms with Crippen molar-refractivity contribution in [2.75, 3.05) is 27.8 Å². The molecule has 0 atom stereocenters. The molecule has 0 fully saturated rings. The first-order chi connectivity index (χ1) is 11.8. The lowest BCUT2D eigenvalue weighted by Gasteiger charge is -2.19. The molecule has 0 radical (unpaired) electrons. The Bertz CT molecular complexity index is 852. The fourth-order valence-corrected chi connectivity index (χ4v) is 3.89. The van der Waals surface area contributed by atoms with Gasteiger partial charge in [0, 0.05) is 13.6 Å². The van der Waals surface area contributed by atoms with Crippen LogP contribution in [0.25, 0.3) is 0 Å². The largest absolute Gasteiger partial charge is 0.493 e. The van der Waals surface area contributed by atoms with Crippen LogP contribution >= 0.6 is 0 Å². The monoisotopic (exact) mass is 367 g/mol. The van der Waals surface area contributed by atoms with E-state index in [2.05, 4.69) is 0 Å². The molecule has 0 saturated carbocycles. The van der Waals surface area contributed by atoms with E-state index in [0.717, 1.165) is 11.6 Å². The SMILES string of the molecule is COc1ccc(CCN(C)S(=O)(=O)c2ccc(F)cc2C)cc1OC. The fraction of sp³-hybridized carbons (Fsp3) is 0.333. The zero-order valence-corrected chi connectivity index (χ0v) is 15.6. The van der Waals surface area contributed by atoms with Crippen molar-refractivity contribution in [3.63, 3.8) is 0 Å². The van der Waals surface area contributed by atoms with Gasteiger partial charge in [0.1, 0.15) is 5.82 Å². The second-order valence-corrected chi connectivity index (χ2v) is 7.69. The molecule has 0 aliphatic rings. The number of methoxy groups -OCH3 is 2. The quantitative estimate of drug-likeness (QED) is 0.755. The number of benzene rings is 2. The number of aryl methyl sites for hydroxylation is 1. The number of likely N-dealkylation sites (N-methyl/N-ethyl adjacent to an activating group) is 1. The lowest BCUT2D eigenvalue weighted by Crippen LogP contribution is -2.29. The van der Waals surface area contributed by atoms with Gasteiger partial charge in [-0.15, -0.1) is 0 Å². The molecule has 0 unspecified atom stereocenters. The van der Waals surface area contributed by atoms with Crippen molar-refractivity contribution in [3.8, 4) is 11.5 Å². The average molecular weight is 367 g/mol. The summed E-state index contributed by atoms with van der Waals surface area (Å²) in [4.78, 5) is 0.115. The molecule has 2 rings (SSSR count). The summed E-state index contributed by atoms with van der Waals surface area (Å²) in [6, 6.07) is 9.14. The van der Waals surface area contributed by atoms with Gasteiger partial charge in [0.2, 0.25) is 10.0 Å². The predicted octanol–water partition coefficient (Wildman–Crippen LogP) is 3.01. The molecule has 0 heterocycles. The topological polar surface area (TPSA) is 55.8 Å². The predicted molar refractivity (Wildman–Crippen MR) is 94.2 cm³/mol. The molecule has 25 heavy (non-hydrogen) atoms. The second kappa shape index (κ2) is 7.84. The summed E-state index contributed by atoms with van der Waals surface area (Å²) in [5.74, 6) is 0.762. The van der Waals surface area contributed by atoms with E-state index in [-0.39, 0.29) is 11.4 Å². The van der Waals surface area contributed by atoms with Crippen molar-refractivity contribution in [2.45, 2.75) is 18.2 Å². The molecular formula is C18H22FNO4S. The molecule has 0 saturated heterocycles. The van der Waals surface area contributed by atoms with Gasteiger partial charge in [-0.1, -0.05) is 6.07 Å². The number of hydrogen-bond acceptors (Lipinski definition) is 4. The van der Waals surface area contributed by atoms with Crippen LogP contribution in [-0.2, 0) is 16.4 Å². The summed E-state index contributed by atoms with van der Waals surface area (Å²) in [6.07, 6.45) is 0.510. The Morgan fingerprint density at radius 1 is 1.04 bits per heavy atom. The van der Waals surface area contributed by atoms with E-state index in [1.165, 1.54) is 23.5 Å². The summed E-state index contributed by atoms with van der Waals surface area (Å²) in [5.41, 5.74) is 1.31. The van der Waals surface area contributed by atoms with E-state index in [4.69, 9.17) is 9.47 Å². The zero-order chi connectivity index (χ0) is 18.6. The van der Waals surface area contributed by atoms with E-state index >= 15 is 0 Å². The van der Waals surface area contributed by atoms with Crippen LogP contribution < -0.4 is 9.47 Å². The van der Waals surface area contributed by atoms with Crippen LogP contribution in [-0.4, -0.2) is 40.5 Å². The van der Waals surface area contributed by atoms with E-state index < -0.39 is 15.8 Å². The van der Waals surface area contributed by atoms with E-state index in [0.29, 0.717) is 23.5 Å². The smallest absolute Gasteiger partial charge is 0.243 e. The van der Waals surface area contributed by atoms with Crippen LogP contribution in [0.3, 0.4) is 0 Å². The first kappa shape index (κ1) is 19.2. The van der Waals surface area contributed by atoms with Crippen molar-refractivity contribution in [2.24, 2.45) is 0 Å². The molecule has 2 aromatic carbocycles. The van der Waals surface area contributed by atoms with E-state index in [9.17, 15) is 12.8 Å². The van der Waals surface area contributed by atoms with Gasteiger partial charge >= 0.3 is 0 Å². The number of hydrogen-bond donors (Lipinski definition) is 0. The first-order valence-electron chi connectivity index (χ1n) is 7.73. The van der Waals surface area contributed by atoms with Crippen molar-refractivity contribution >= 4 is 10.0 Å². The Labute approximate surface area is 148 Å². The number of halogens is 1. The molecule has 0 N–H and O–H groups in total. The average Bonchev–Trinajstić information content (AvgIpc) is 2.58. The number of sulfonamides is 1. The molecule has 0 spiro atoms. The third kappa shape index (κ3) is 4.29. The van der Waals surface area contributed by atoms with Gasteiger partial charge in [-0.3, -0.25) is 0 Å². The van der Waals surface area contributed by atoms with Crippen LogP contribution in [0.5, 0.6) is 11.5 Å². The maximum absolute atomic E-state index is 13.2. The highest BCUT2D eigenvalue weighted by Crippen LogP contribution is 2.28. The van der Waals surface area contributed by atoms with Gasteiger partial charge < -0.3 is 9.47 Å². The van der Waals surface area contributed by atoms with Crippen LogP contribution in [0.2, 0.25) is 0 Å². The van der Waals surface area contributed by atoms with Crippen molar-refractivity contribution in [1.82, 2.24) is 4.31 Å². The van der Waals surface area contributed by atoms with Crippen molar-refractivity contribution in [3.05, 3.63) is 53.3 Å². The highest BCUT2D eigenvalue weighted by molar-refractivity contribution is 7.89. The van der Waals surface area contributed by atoms with Gasteiger partial charge in [0.05, 0.1) is 19.1 Å². The molecule has 136 valence electrons. The Morgan fingerprint density at radius 3 is 2.32 bits per heavy atom. The Morgan fingerprint density at radius 2 is 1.72 bits per heavy atom. The molecule has 5 nitrogen and oxygen atoms in total. The molecule has 0 aromatic heterocycles. The first-order valence-corrected chi connectivity index (χ1v) is 9.17. The minimum absolute atomic E-state index is 0.115. The molecular weight excluding hydrogens is 345 g/mol. The van der Waals surface area contributed by atoms with Crippen molar-refractivity contribution in [1.29, 1.82) is 0 Å². The van der Waals surface area contributed by atoms with Crippen molar-refractivity contribution < 1.29 is 22.3 Å². The number of ether oxygens (including phenoxy) is 2. The Balaban J connectivity index is 2.15. The van der Waals surface area contributed by atoms with Crippen LogP contribution in [0.4, 0.5) is 4.39 Å². The minimum Gasteiger partial charge on any atom is -0.493 e. The highest BCUT2D eigenvalue weighted by Gasteiger charge is 2.22. The minimum atomic E-state index is -3.67. The number of nitrogens with zero attached hydrogens (tertiary/aromatic N) is 1. The normalized spacial score (nSPS) is 11.6. The fourth-order valence-electron chi connectivity index (χ4n) is 2.51. The highest BCUT2D eigenvalue weighted by atomic mass is 32.2. The van der Waals surface area contributed by atoms with Crippen LogP contribution in [0, 0.1) is 12.7 Å². The lowest BCUT2D eigenvalue weighted by atomic mass is 10.1.